The molecule has 0 unspecified atom stereocenters. The van der Waals surface area contributed by atoms with Gasteiger partial charge in [0.1, 0.15) is 12.1 Å². The summed E-state index contributed by atoms with van der Waals surface area (Å²) >= 11 is 6.21. The third kappa shape index (κ3) is 2.42. The summed E-state index contributed by atoms with van der Waals surface area (Å²) in [5.74, 6) is 1.64. The first kappa shape index (κ1) is 13.8. The van der Waals surface area contributed by atoms with Crippen LogP contribution < -0.4 is 5.32 Å². The third-order valence-electron chi connectivity index (χ3n) is 3.06. The Morgan fingerprint density at radius 1 is 1.32 bits per heavy atom. The molecule has 0 atom stereocenters. The molecular weight excluding hydrogens is 262 g/mol. The first-order chi connectivity index (χ1) is 9.10. The van der Waals surface area contributed by atoms with E-state index >= 15 is 0 Å². The van der Waals surface area contributed by atoms with Crippen molar-refractivity contribution in [2.75, 3.05) is 12.4 Å². The Bertz CT molecular complexity index is 591. The molecule has 0 bridgehead atoms. The van der Waals surface area contributed by atoms with E-state index in [0.29, 0.717) is 5.02 Å². The van der Waals surface area contributed by atoms with Crippen molar-refractivity contribution in [3.8, 4) is 5.82 Å². The zero-order valence-corrected chi connectivity index (χ0v) is 12.4. The fourth-order valence-corrected chi connectivity index (χ4v) is 2.23. The van der Waals surface area contributed by atoms with Crippen molar-refractivity contribution in [3.63, 3.8) is 0 Å². The monoisotopic (exact) mass is 279 g/mol. The molecule has 0 saturated carbocycles. The number of hydrogen-bond acceptors (Lipinski definition) is 4. The Kier molecular flexibility index (Phi) is 4.04. The van der Waals surface area contributed by atoms with Gasteiger partial charge in [0.2, 0.25) is 0 Å². The SMILES string of the molecule is CCCc1c(NC)ncnc1-n1nc(C)c(Cl)c1C. The highest BCUT2D eigenvalue weighted by atomic mass is 35.5. The van der Waals surface area contributed by atoms with Crippen molar-refractivity contribution in [2.24, 2.45) is 0 Å². The number of anilines is 1. The summed E-state index contributed by atoms with van der Waals surface area (Å²) in [6, 6.07) is 0. The summed E-state index contributed by atoms with van der Waals surface area (Å²) in [7, 11) is 1.86. The Hall–Kier alpha value is -1.62. The lowest BCUT2D eigenvalue weighted by molar-refractivity contribution is 0.773. The van der Waals surface area contributed by atoms with Crippen LogP contribution in [0.25, 0.3) is 5.82 Å². The van der Waals surface area contributed by atoms with Gasteiger partial charge < -0.3 is 5.32 Å². The fourth-order valence-electron chi connectivity index (χ4n) is 2.11. The Morgan fingerprint density at radius 2 is 2.05 bits per heavy atom. The number of aromatic nitrogens is 4. The highest BCUT2D eigenvalue weighted by Crippen LogP contribution is 2.25. The van der Waals surface area contributed by atoms with E-state index in [0.717, 1.165) is 41.4 Å². The highest BCUT2D eigenvalue weighted by Gasteiger charge is 2.17. The largest absolute Gasteiger partial charge is 0.373 e. The maximum absolute atomic E-state index is 6.21. The van der Waals surface area contributed by atoms with Crippen LogP contribution in [0, 0.1) is 13.8 Å². The molecule has 2 aromatic rings. The molecule has 0 aromatic carbocycles. The second-order valence-corrected chi connectivity index (χ2v) is 4.80. The van der Waals surface area contributed by atoms with Gasteiger partial charge in [0, 0.05) is 12.6 Å². The lowest BCUT2D eigenvalue weighted by Gasteiger charge is -2.12. The molecule has 2 aromatic heterocycles. The van der Waals surface area contributed by atoms with Crippen LogP contribution >= 0.6 is 11.6 Å². The molecule has 0 spiro atoms. The maximum atomic E-state index is 6.21. The zero-order chi connectivity index (χ0) is 14.0. The van der Waals surface area contributed by atoms with Crippen molar-refractivity contribution in [3.05, 3.63) is 28.3 Å². The van der Waals surface area contributed by atoms with Gasteiger partial charge in [-0.2, -0.15) is 5.10 Å². The number of rotatable bonds is 4. The van der Waals surface area contributed by atoms with Crippen LogP contribution in [0.5, 0.6) is 0 Å². The molecule has 2 heterocycles. The highest BCUT2D eigenvalue weighted by molar-refractivity contribution is 6.31. The van der Waals surface area contributed by atoms with Gasteiger partial charge in [-0.1, -0.05) is 24.9 Å². The van der Waals surface area contributed by atoms with E-state index in [9.17, 15) is 0 Å². The molecule has 1 N–H and O–H groups in total. The van der Waals surface area contributed by atoms with Gasteiger partial charge in [0.15, 0.2) is 5.82 Å². The quantitative estimate of drug-likeness (QED) is 0.935. The zero-order valence-electron chi connectivity index (χ0n) is 11.7. The summed E-state index contributed by atoms with van der Waals surface area (Å²) in [5.41, 5.74) is 2.78. The number of nitrogens with zero attached hydrogens (tertiary/aromatic N) is 4. The van der Waals surface area contributed by atoms with E-state index < -0.39 is 0 Å². The molecule has 0 fully saturated rings. The van der Waals surface area contributed by atoms with Gasteiger partial charge in [-0.05, 0) is 20.3 Å². The molecule has 2 rings (SSSR count). The van der Waals surface area contributed by atoms with Crippen molar-refractivity contribution in [1.29, 1.82) is 0 Å². The van der Waals surface area contributed by atoms with Crippen LogP contribution in [0.2, 0.25) is 5.02 Å². The van der Waals surface area contributed by atoms with E-state index in [1.165, 1.54) is 0 Å². The Morgan fingerprint density at radius 3 is 2.58 bits per heavy atom. The molecule has 6 heteroatoms. The number of halogens is 1. The minimum atomic E-state index is 0.687. The summed E-state index contributed by atoms with van der Waals surface area (Å²) in [4.78, 5) is 8.65. The van der Waals surface area contributed by atoms with Crippen molar-refractivity contribution in [1.82, 2.24) is 19.7 Å². The molecule has 0 saturated heterocycles. The molecule has 0 aliphatic carbocycles. The smallest absolute Gasteiger partial charge is 0.162 e. The van der Waals surface area contributed by atoms with Crippen LogP contribution in [-0.4, -0.2) is 26.8 Å². The Balaban J connectivity index is 2.64. The molecular formula is C13H18ClN5. The minimum Gasteiger partial charge on any atom is -0.373 e. The second-order valence-electron chi connectivity index (χ2n) is 4.42. The Labute approximate surface area is 118 Å². The van der Waals surface area contributed by atoms with Crippen LogP contribution in [0.15, 0.2) is 6.33 Å². The summed E-state index contributed by atoms with van der Waals surface area (Å²) in [6.45, 7) is 5.97. The van der Waals surface area contributed by atoms with Gasteiger partial charge >= 0.3 is 0 Å². The van der Waals surface area contributed by atoms with Crippen LogP contribution in [-0.2, 0) is 6.42 Å². The van der Waals surface area contributed by atoms with Crippen LogP contribution in [0.3, 0.4) is 0 Å². The molecule has 0 amide bonds. The predicted octanol–water partition coefficient (Wildman–Crippen LogP) is 2.93. The van der Waals surface area contributed by atoms with Crippen molar-refractivity contribution in [2.45, 2.75) is 33.6 Å². The minimum absolute atomic E-state index is 0.687. The molecule has 5 nitrogen and oxygen atoms in total. The summed E-state index contributed by atoms with van der Waals surface area (Å²) < 4.78 is 1.80. The van der Waals surface area contributed by atoms with E-state index in [4.69, 9.17) is 11.6 Å². The number of nitrogens with one attached hydrogen (secondary N) is 1. The van der Waals surface area contributed by atoms with Crippen LogP contribution in [0.4, 0.5) is 5.82 Å². The van der Waals surface area contributed by atoms with Gasteiger partial charge in [0.05, 0.1) is 16.4 Å². The van der Waals surface area contributed by atoms with E-state index in [-0.39, 0.29) is 0 Å². The molecule has 0 aliphatic heterocycles. The predicted molar refractivity (Wildman–Crippen MR) is 77.2 cm³/mol. The molecule has 0 radical (unpaired) electrons. The average molecular weight is 280 g/mol. The maximum Gasteiger partial charge on any atom is 0.162 e. The van der Waals surface area contributed by atoms with E-state index in [1.807, 2.05) is 20.9 Å². The molecule has 0 aliphatic rings. The van der Waals surface area contributed by atoms with E-state index in [2.05, 4.69) is 27.3 Å². The van der Waals surface area contributed by atoms with Gasteiger partial charge in [0.25, 0.3) is 0 Å². The van der Waals surface area contributed by atoms with Gasteiger partial charge in [-0.25, -0.2) is 14.6 Å². The first-order valence-electron chi connectivity index (χ1n) is 6.33. The van der Waals surface area contributed by atoms with Gasteiger partial charge in [-0.3, -0.25) is 0 Å². The van der Waals surface area contributed by atoms with Crippen molar-refractivity contribution >= 4 is 17.4 Å². The standard InChI is InChI=1S/C13H18ClN5/c1-5-6-10-12(15-4)16-7-17-13(10)19-9(3)11(14)8(2)18-19/h7H,5-6H2,1-4H3,(H,15,16,17). The molecule has 19 heavy (non-hydrogen) atoms. The topological polar surface area (TPSA) is 55.6 Å². The third-order valence-corrected chi connectivity index (χ3v) is 3.61. The second kappa shape index (κ2) is 5.57. The molecule has 102 valence electrons. The number of hydrogen-bond donors (Lipinski definition) is 1. The van der Waals surface area contributed by atoms with Crippen molar-refractivity contribution < 1.29 is 0 Å². The van der Waals surface area contributed by atoms with Crippen LogP contribution in [0.1, 0.15) is 30.3 Å². The fraction of sp³-hybridized carbons (Fsp3) is 0.462. The van der Waals surface area contributed by atoms with Gasteiger partial charge in [-0.15, -0.1) is 0 Å². The first-order valence-corrected chi connectivity index (χ1v) is 6.71. The number of aryl methyl sites for hydroxylation is 1. The normalized spacial score (nSPS) is 10.8. The lowest BCUT2D eigenvalue weighted by atomic mass is 10.1. The summed E-state index contributed by atoms with van der Waals surface area (Å²) in [5, 5.41) is 8.26. The lowest BCUT2D eigenvalue weighted by Crippen LogP contribution is -2.10. The summed E-state index contributed by atoms with van der Waals surface area (Å²) in [6.07, 6.45) is 3.45. The van der Waals surface area contributed by atoms with E-state index in [1.54, 1.807) is 11.0 Å². The average Bonchev–Trinajstić information content (AvgIpc) is 2.67.